The van der Waals surface area contributed by atoms with E-state index < -0.39 is 5.82 Å². The molecule has 1 saturated heterocycles. The van der Waals surface area contributed by atoms with E-state index in [0.717, 1.165) is 41.1 Å². The highest BCUT2D eigenvalue weighted by molar-refractivity contribution is 6.30. The van der Waals surface area contributed by atoms with Gasteiger partial charge in [-0.15, -0.1) is 0 Å². The van der Waals surface area contributed by atoms with Gasteiger partial charge in [-0.2, -0.15) is 0 Å². The molecule has 0 aliphatic carbocycles. The maximum absolute atomic E-state index is 14.5. The number of pyridine rings is 1. The monoisotopic (exact) mass is 466 g/mol. The molecule has 4 aromatic rings. The lowest BCUT2D eigenvalue weighted by molar-refractivity contribution is 0.123. The predicted octanol–water partition coefficient (Wildman–Crippen LogP) is 5.52. The van der Waals surface area contributed by atoms with E-state index in [1.165, 1.54) is 12.1 Å². The summed E-state index contributed by atoms with van der Waals surface area (Å²) in [7, 11) is 0. The summed E-state index contributed by atoms with van der Waals surface area (Å²) in [5.74, 6) is 0.632. The molecule has 1 aliphatic heterocycles. The van der Waals surface area contributed by atoms with Crippen LogP contribution in [0.4, 0.5) is 21.6 Å². The Labute approximate surface area is 196 Å². The zero-order chi connectivity index (χ0) is 22.9. The molecule has 4 heterocycles. The Morgan fingerprint density at radius 3 is 2.79 bits per heavy atom. The van der Waals surface area contributed by atoms with Crippen molar-refractivity contribution in [3.63, 3.8) is 0 Å². The Hall–Kier alpha value is -3.23. The second kappa shape index (κ2) is 8.96. The third kappa shape index (κ3) is 4.24. The number of halogens is 2. The Balaban J connectivity index is 1.60. The topological polar surface area (TPSA) is 79.0 Å². The van der Waals surface area contributed by atoms with E-state index in [1.54, 1.807) is 18.5 Å². The van der Waals surface area contributed by atoms with Gasteiger partial charge in [-0.05, 0) is 30.2 Å². The van der Waals surface area contributed by atoms with Crippen LogP contribution in [0.3, 0.4) is 0 Å². The van der Waals surface area contributed by atoms with Crippen LogP contribution < -0.4 is 10.2 Å². The zero-order valence-electron chi connectivity index (χ0n) is 18.4. The number of hydrogen-bond acceptors (Lipinski definition) is 6. The first kappa shape index (κ1) is 21.6. The van der Waals surface area contributed by atoms with E-state index in [9.17, 15) is 4.39 Å². The van der Waals surface area contributed by atoms with E-state index in [1.807, 2.05) is 12.3 Å². The maximum atomic E-state index is 14.5. The van der Waals surface area contributed by atoms with Crippen molar-refractivity contribution in [1.82, 2.24) is 19.9 Å². The first-order valence-electron chi connectivity index (χ1n) is 10.9. The average molecular weight is 467 g/mol. The molecule has 33 heavy (non-hydrogen) atoms. The fraction of sp³-hybridized carbons (Fsp3) is 0.292. The Kier molecular flexibility index (Phi) is 5.86. The van der Waals surface area contributed by atoms with Crippen LogP contribution in [0.15, 0.2) is 42.9 Å². The van der Waals surface area contributed by atoms with Crippen LogP contribution in [0.2, 0.25) is 5.02 Å². The van der Waals surface area contributed by atoms with Crippen molar-refractivity contribution in [2.45, 2.75) is 19.8 Å². The quantitative estimate of drug-likeness (QED) is 0.403. The summed E-state index contributed by atoms with van der Waals surface area (Å²) in [5, 5.41) is 4.88. The lowest BCUT2D eigenvalue weighted by Gasteiger charge is -2.28. The van der Waals surface area contributed by atoms with Crippen molar-refractivity contribution in [3.8, 4) is 11.4 Å². The zero-order valence-corrected chi connectivity index (χ0v) is 19.2. The molecule has 0 spiro atoms. The molecule has 3 aromatic heterocycles. The number of morpholine rings is 1. The summed E-state index contributed by atoms with van der Waals surface area (Å²) in [6.07, 6.45) is 5.47. The minimum absolute atomic E-state index is 0.160. The number of aromatic amines is 1. The number of aromatic nitrogens is 4. The van der Waals surface area contributed by atoms with Crippen molar-refractivity contribution in [2.24, 2.45) is 0 Å². The molecule has 9 heteroatoms. The van der Waals surface area contributed by atoms with Gasteiger partial charge in [0.25, 0.3) is 0 Å². The SMILES string of the molecule is CC(C)c1cnc(-c2cc(Cl)ccc2F)nc1Nc1ccnc2[nH]cc(N3CCOCC3)c12. The van der Waals surface area contributed by atoms with E-state index in [0.29, 0.717) is 24.1 Å². The molecule has 0 atom stereocenters. The smallest absolute Gasteiger partial charge is 0.164 e. The minimum atomic E-state index is -0.422. The number of H-pyrrole nitrogens is 1. The number of nitrogens with one attached hydrogen (secondary N) is 2. The van der Waals surface area contributed by atoms with Crippen molar-refractivity contribution < 1.29 is 9.13 Å². The van der Waals surface area contributed by atoms with Gasteiger partial charge in [0.2, 0.25) is 0 Å². The van der Waals surface area contributed by atoms with Gasteiger partial charge >= 0.3 is 0 Å². The Bertz CT molecular complexity index is 1300. The second-order valence-electron chi connectivity index (χ2n) is 8.26. The highest BCUT2D eigenvalue weighted by Crippen LogP contribution is 2.36. The third-order valence-corrected chi connectivity index (χ3v) is 6.00. The van der Waals surface area contributed by atoms with Gasteiger partial charge in [0.1, 0.15) is 17.3 Å². The molecule has 0 saturated carbocycles. The molecule has 7 nitrogen and oxygen atoms in total. The molecule has 1 fully saturated rings. The normalized spacial score (nSPS) is 14.3. The predicted molar refractivity (Wildman–Crippen MR) is 129 cm³/mol. The lowest BCUT2D eigenvalue weighted by atomic mass is 10.1. The Morgan fingerprint density at radius 2 is 2.00 bits per heavy atom. The molecule has 5 rings (SSSR count). The second-order valence-corrected chi connectivity index (χ2v) is 8.69. The van der Waals surface area contributed by atoms with E-state index in [2.05, 4.69) is 39.0 Å². The van der Waals surface area contributed by atoms with Gasteiger partial charge in [-0.25, -0.2) is 19.3 Å². The molecular formula is C24H24ClFN6O. The summed E-state index contributed by atoms with van der Waals surface area (Å²) in [4.78, 5) is 19.2. The molecular weight excluding hydrogens is 443 g/mol. The first-order chi connectivity index (χ1) is 16.0. The number of fused-ring (bicyclic) bond motifs is 1. The third-order valence-electron chi connectivity index (χ3n) is 5.77. The van der Waals surface area contributed by atoms with Gasteiger partial charge in [-0.1, -0.05) is 25.4 Å². The molecule has 0 amide bonds. The maximum Gasteiger partial charge on any atom is 0.164 e. The molecule has 2 N–H and O–H groups in total. The molecule has 1 aliphatic rings. The summed E-state index contributed by atoms with van der Waals surface area (Å²) in [6, 6.07) is 6.30. The van der Waals surface area contributed by atoms with Crippen molar-refractivity contribution >= 4 is 39.8 Å². The number of hydrogen-bond donors (Lipinski definition) is 2. The first-order valence-corrected chi connectivity index (χ1v) is 11.3. The van der Waals surface area contributed by atoms with Gasteiger partial charge in [0.15, 0.2) is 5.82 Å². The summed E-state index contributed by atoms with van der Waals surface area (Å²) >= 11 is 6.10. The number of nitrogens with zero attached hydrogens (tertiary/aromatic N) is 4. The van der Waals surface area contributed by atoms with Crippen LogP contribution in [-0.2, 0) is 4.74 Å². The number of ether oxygens (including phenoxy) is 1. The highest BCUT2D eigenvalue weighted by Gasteiger charge is 2.20. The van der Waals surface area contributed by atoms with Crippen molar-refractivity contribution in [2.75, 3.05) is 36.5 Å². The number of anilines is 3. The molecule has 0 unspecified atom stereocenters. The van der Waals surface area contributed by atoms with Gasteiger partial charge in [-0.3, -0.25) is 0 Å². The number of rotatable bonds is 5. The summed E-state index contributed by atoms with van der Waals surface area (Å²) in [6.45, 7) is 7.14. The number of benzene rings is 1. The van der Waals surface area contributed by atoms with Crippen LogP contribution in [0.25, 0.3) is 22.4 Å². The van der Waals surface area contributed by atoms with Crippen LogP contribution >= 0.6 is 11.6 Å². The van der Waals surface area contributed by atoms with Crippen LogP contribution in [0, 0.1) is 5.82 Å². The van der Waals surface area contributed by atoms with Crippen LogP contribution in [0.5, 0.6) is 0 Å². The Morgan fingerprint density at radius 1 is 1.18 bits per heavy atom. The van der Waals surface area contributed by atoms with Crippen LogP contribution in [-0.4, -0.2) is 46.2 Å². The van der Waals surface area contributed by atoms with Crippen molar-refractivity contribution in [3.05, 3.63) is 59.3 Å². The average Bonchev–Trinajstić information content (AvgIpc) is 3.26. The van der Waals surface area contributed by atoms with Gasteiger partial charge < -0.3 is 19.9 Å². The standard InChI is InChI=1S/C24H24ClFN6O/c1-14(2)17-12-28-22(16-11-15(25)3-4-18(16)26)31-23(17)30-19-5-6-27-24-21(19)20(13-29-24)32-7-9-33-10-8-32/h3-6,11-14H,7-10H2,1-2H3,(H2,27,28,29,30,31). The van der Waals surface area contributed by atoms with Crippen molar-refractivity contribution in [1.29, 1.82) is 0 Å². The largest absolute Gasteiger partial charge is 0.378 e. The summed E-state index contributed by atoms with van der Waals surface area (Å²) in [5.41, 5.74) is 3.89. The molecule has 1 aromatic carbocycles. The summed E-state index contributed by atoms with van der Waals surface area (Å²) < 4.78 is 20.0. The van der Waals surface area contributed by atoms with Crippen LogP contribution in [0.1, 0.15) is 25.3 Å². The highest BCUT2D eigenvalue weighted by atomic mass is 35.5. The van der Waals surface area contributed by atoms with Gasteiger partial charge in [0, 0.05) is 42.3 Å². The van der Waals surface area contributed by atoms with E-state index in [-0.39, 0.29) is 17.3 Å². The molecule has 0 radical (unpaired) electrons. The van der Waals surface area contributed by atoms with E-state index in [4.69, 9.17) is 21.3 Å². The van der Waals surface area contributed by atoms with Gasteiger partial charge in [0.05, 0.1) is 35.5 Å². The minimum Gasteiger partial charge on any atom is -0.378 e. The fourth-order valence-electron chi connectivity index (χ4n) is 4.04. The molecule has 170 valence electrons. The molecule has 0 bridgehead atoms. The fourth-order valence-corrected chi connectivity index (χ4v) is 4.21. The lowest BCUT2D eigenvalue weighted by Crippen LogP contribution is -2.36. The van der Waals surface area contributed by atoms with E-state index >= 15 is 0 Å².